The average Bonchev–Trinajstić information content (AvgIpc) is 3.00. The summed E-state index contributed by atoms with van der Waals surface area (Å²) >= 11 is 0. The maximum atomic E-state index is 13.3. The Balaban J connectivity index is 1.85. The number of Topliss-reactive ketones (excluding diaryl/α,β-unsaturated/α-hetero) is 1. The van der Waals surface area contributed by atoms with Crippen molar-refractivity contribution in [2.75, 3.05) is 0 Å². The number of nitrogens with zero attached hydrogens (tertiary/aromatic N) is 2. The molecule has 7 heteroatoms. The minimum Gasteiger partial charge on any atom is -0.508 e. The number of aliphatic hydroxyl groups is 1. The molecule has 1 atom stereocenters. The first kappa shape index (κ1) is 19.3. The quantitative estimate of drug-likeness (QED) is 0.394. The summed E-state index contributed by atoms with van der Waals surface area (Å²) in [5, 5.41) is 20.5. The molecule has 2 aromatic carbocycles. The number of aromatic nitrogens is 1. The Morgan fingerprint density at radius 1 is 1.03 bits per heavy atom. The van der Waals surface area contributed by atoms with E-state index in [1.54, 1.807) is 36.7 Å². The zero-order valence-corrected chi connectivity index (χ0v) is 15.7. The van der Waals surface area contributed by atoms with E-state index in [1.165, 1.54) is 29.2 Å². The van der Waals surface area contributed by atoms with Gasteiger partial charge in [0, 0.05) is 24.5 Å². The highest BCUT2D eigenvalue weighted by molar-refractivity contribution is 6.46. The molecule has 30 heavy (non-hydrogen) atoms. The van der Waals surface area contributed by atoms with Crippen molar-refractivity contribution < 1.29 is 24.2 Å². The fourth-order valence-electron chi connectivity index (χ4n) is 3.50. The van der Waals surface area contributed by atoms with Crippen LogP contribution in [0.4, 0.5) is 4.39 Å². The third-order valence-electron chi connectivity index (χ3n) is 4.94. The van der Waals surface area contributed by atoms with Gasteiger partial charge in [-0.2, -0.15) is 0 Å². The summed E-state index contributed by atoms with van der Waals surface area (Å²) in [6.45, 7) is 0.101. The molecule has 6 nitrogen and oxygen atoms in total. The summed E-state index contributed by atoms with van der Waals surface area (Å²) in [6, 6.07) is 13.7. The first-order valence-corrected chi connectivity index (χ1v) is 9.18. The van der Waals surface area contributed by atoms with Crippen LogP contribution in [0, 0.1) is 5.82 Å². The van der Waals surface area contributed by atoms with Crippen molar-refractivity contribution in [3.63, 3.8) is 0 Å². The van der Waals surface area contributed by atoms with Crippen LogP contribution in [0.25, 0.3) is 5.76 Å². The van der Waals surface area contributed by atoms with Gasteiger partial charge in [-0.3, -0.25) is 14.6 Å². The Labute approximate surface area is 171 Å². The lowest BCUT2D eigenvalue weighted by molar-refractivity contribution is -0.140. The van der Waals surface area contributed by atoms with Gasteiger partial charge in [0.2, 0.25) is 0 Å². The summed E-state index contributed by atoms with van der Waals surface area (Å²) in [4.78, 5) is 31.1. The number of phenolic OH excluding ortho intramolecular Hbond substituents is 1. The van der Waals surface area contributed by atoms with Gasteiger partial charge in [0.15, 0.2) is 0 Å². The van der Waals surface area contributed by atoms with Crippen LogP contribution < -0.4 is 0 Å². The Morgan fingerprint density at radius 3 is 2.37 bits per heavy atom. The lowest BCUT2D eigenvalue weighted by Gasteiger charge is -2.25. The van der Waals surface area contributed by atoms with Gasteiger partial charge in [0.05, 0.1) is 11.6 Å². The number of amides is 1. The van der Waals surface area contributed by atoms with E-state index in [0.29, 0.717) is 11.1 Å². The van der Waals surface area contributed by atoms with Gasteiger partial charge >= 0.3 is 0 Å². The van der Waals surface area contributed by atoms with Crippen molar-refractivity contribution in [1.82, 2.24) is 9.88 Å². The molecule has 0 unspecified atom stereocenters. The standard InChI is InChI=1S/C23H17FN2O4/c24-17-7-3-16(4-8-17)21(28)19-20(15-5-9-18(27)10-6-15)26(23(30)22(19)29)13-14-2-1-11-25-12-14/h1-12,20,27-28H,13H2/t20-/m0/s1. The maximum absolute atomic E-state index is 13.3. The van der Waals surface area contributed by atoms with Crippen LogP contribution in [0.2, 0.25) is 0 Å². The normalized spacial score (nSPS) is 18.0. The van der Waals surface area contributed by atoms with Crippen LogP contribution in [0.5, 0.6) is 5.75 Å². The third-order valence-corrected chi connectivity index (χ3v) is 4.94. The summed E-state index contributed by atoms with van der Waals surface area (Å²) in [6.07, 6.45) is 3.19. The number of hydrogen-bond donors (Lipinski definition) is 2. The SMILES string of the molecule is O=C1C(=O)N(Cc2cccnc2)[C@@H](c2ccc(O)cc2)C1=C(O)c1ccc(F)cc1. The molecule has 1 saturated heterocycles. The molecular formula is C23H17FN2O4. The molecule has 1 aromatic heterocycles. The number of benzene rings is 2. The lowest BCUT2D eigenvalue weighted by atomic mass is 9.95. The second-order valence-electron chi connectivity index (χ2n) is 6.89. The van der Waals surface area contributed by atoms with E-state index in [2.05, 4.69) is 4.98 Å². The lowest BCUT2D eigenvalue weighted by Crippen LogP contribution is -2.29. The highest BCUT2D eigenvalue weighted by Crippen LogP contribution is 2.40. The minimum absolute atomic E-state index is 0.0292. The number of pyridine rings is 1. The van der Waals surface area contributed by atoms with Crippen LogP contribution >= 0.6 is 0 Å². The van der Waals surface area contributed by atoms with E-state index in [9.17, 15) is 24.2 Å². The molecule has 0 spiro atoms. The van der Waals surface area contributed by atoms with Crippen molar-refractivity contribution in [2.45, 2.75) is 12.6 Å². The van der Waals surface area contributed by atoms with Crippen molar-refractivity contribution in [3.05, 3.63) is 101 Å². The van der Waals surface area contributed by atoms with Crippen molar-refractivity contribution in [3.8, 4) is 5.75 Å². The number of carbonyl (C=O) groups is 2. The summed E-state index contributed by atoms with van der Waals surface area (Å²) in [5.74, 6) is -2.44. The van der Waals surface area contributed by atoms with Crippen molar-refractivity contribution in [2.24, 2.45) is 0 Å². The molecule has 4 rings (SSSR count). The smallest absolute Gasteiger partial charge is 0.295 e. The minimum atomic E-state index is -0.879. The van der Waals surface area contributed by atoms with Gasteiger partial charge in [-0.15, -0.1) is 0 Å². The number of ketones is 1. The van der Waals surface area contributed by atoms with Gasteiger partial charge < -0.3 is 15.1 Å². The largest absolute Gasteiger partial charge is 0.508 e. The number of halogens is 1. The van der Waals surface area contributed by atoms with Crippen LogP contribution in [-0.4, -0.2) is 31.8 Å². The van der Waals surface area contributed by atoms with Gasteiger partial charge in [0.25, 0.3) is 11.7 Å². The molecule has 0 aliphatic carbocycles. The maximum Gasteiger partial charge on any atom is 0.295 e. The molecule has 150 valence electrons. The van der Waals surface area contributed by atoms with Crippen LogP contribution in [-0.2, 0) is 16.1 Å². The van der Waals surface area contributed by atoms with E-state index in [1.807, 2.05) is 0 Å². The number of rotatable bonds is 4. The van der Waals surface area contributed by atoms with Gasteiger partial charge in [-0.05, 0) is 53.6 Å². The Hall–Kier alpha value is -4.00. The zero-order chi connectivity index (χ0) is 21.3. The van der Waals surface area contributed by atoms with E-state index >= 15 is 0 Å². The average molecular weight is 404 g/mol. The number of carbonyl (C=O) groups excluding carboxylic acids is 2. The molecule has 0 saturated carbocycles. The van der Waals surface area contributed by atoms with E-state index < -0.39 is 23.5 Å². The predicted octanol–water partition coefficient (Wildman–Crippen LogP) is 3.55. The second-order valence-corrected chi connectivity index (χ2v) is 6.89. The second kappa shape index (κ2) is 7.79. The van der Waals surface area contributed by atoms with Crippen molar-refractivity contribution in [1.29, 1.82) is 0 Å². The molecule has 3 aromatic rings. The fourth-order valence-corrected chi connectivity index (χ4v) is 3.50. The Kier molecular flexibility index (Phi) is 5.02. The number of phenols is 1. The molecular weight excluding hydrogens is 387 g/mol. The molecule has 1 aliphatic rings. The molecule has 1 fully saturated rings. The molecule has 1 aliphatic heterocycles. The summed E-state index contributed by atoms with van der Waals surface area (Å²) in [7, 11) is 0. The number of hydrogen-bond acceptors (Lipinski definition) is 5. The third kappa shape index (κ3) is 3.53. The van der Waals surface area contributed by atoms with Gasteiger partial charge in [0.1, 0.15) is 17.3 Å². The first-order chi connectivity index (χ1) is 14.5. The van der Waals surface area contributed by atoms with Crippen LogP contribution in [0.15, 0.2) is 78.6 Å². The topological polar surface area (TPSA) is 90.7 Å². The zero-order valence-electron chi connectivity index (χ0n) is 15.7. The Morgan fingerprint density at radius 2 is 1.73 bits per heavy atom. The van der Waals surface area contributed by atoms with E-state index in [4.69, 9.17) is 0 Å². The molecule has 0 bridgehead atoms. The monoisotopic (exact) mass is 404 g/mol. The summed E-state index contributed by atoms with van der Waals surface area (Å²) in [5.41, 5.74) is 1.38. The first-order valence-electron chi connectivity index (χ1n) is 9.18. The van der Waals surface area contributed by atoms with Crippen LogP contribution in [0.3, 0.4) is 0 Å². The highest BCUT2D eigenvalue weighted by Gasteiger charge is 2.46. The van der Waals surface area contributed by atoms with E-state index in [0.717, 1.165) is 12.1 Å². The molecule has 0 radical (unpaired) electrons. The van der Waals surface area contributed by atoms with Crippen molar-refractivity contribution >= 4 is 17.4 Å². The number of aliphatic hydroxyl groups excluding tert-OH is 1. The molecule has 2 heterocycles. The Bertz CT molecular complexity index is 1130. The molecule has 2 N–H and O–H groups in total. The predicted molar refractivity (Wildman–Crippen MR) is 107 cm³/mol. The number of aromatic hydroxyl groups is 1. The number of likely N-dealkylation sites (tertiary alicyclic amines) is 1. The van der Waals surface area contributed by atoms with Gasteiger partial charge in [-0.25, -0.2) is 4.39 Å². The highest BCUT2D eigenvalue weighted by atomic mass is 19.1. The van der Waals surface area contributed by atoms with Gasteiger partial charge in [-0.1, -0.05) is 18.2 Å². The summed E-state index contributed by atoms with van der Waals surface area (Å²) < 4.78 is 13.3. The fraction of sp³-hybridized carbons (Fsp3) is 0.0870. The van der Waals surface area contributed by atoms with E-state index in [-0.39, 0.29) is 29.2 Å². The molecule has 1 amide bonds. The van der Waals surface area contributed by atoms with Crippen LogP contribution in [0.1, 0.15) is 22.7 Å².